The molecule has 7 nitrogen and oxygen atoms in total. The highest BCUT2D eigenvalue weighted by Crippen LogP contribution is 2.29. The second kappa shape index (κ2) is 8.98. The molecular formula is C21H25FN4O3. The molecule has 1 fully saturated rings. The molecule has 3 rings (SSSR count). The van der Waals surface area contributed by atoms with Crippen molar-refractivity contribution in [2.75, 3.05) is 27.2 Å². The lowest BCUT2D eigenvalue weighted by Gasteiger charge is -2.34. The lowest BCUT2D eigenvalue weighted by atomic mass is 10.0. The fourth-order valence-electron chi connectivity index (χ4n) is 3.35. The van der Waals surface area contributed by atoms with Crippen LogP contribution in [-0.2, 0) is 4.79 Å². The van der Waals surface area contributed by atoms with Crippen molar-refractivity contribution in [3.8, 4) is 5.75 Å². The van der Waals surface area contributed by atoms with Gasteiger partial charge in [0.2, 0.25) is 0 Å². The van der Waals surface area contributed by atoms with Gasteiger partial charge in [-0.25, -0.2) is 14.4 Å². The molecule has 2 amide bonds. The number of aryl methyl sites for hydroxylation is 1. The smallest absolute Gasteiger partial charge is 0.261 e. The third-order valence-corrected chi connectivity index (χ3v) is 4.93. The number of amides is 2. The Hall–Kier alpha value is -3.03. The first-order chi connectivity index (χ1) is 13.9. The van der Waals surface area contributed by atoms with E-state index in [1.807, 2.05) is 0 Å². The molecule has 29 heavy (non-hydrogen) atoms. The van der Waals surface area contributed by atoms with Crippen LogP contribution in [-0.4, -0.2) is 58.8 Å². The molecule has 0 spiro atoms. The third kappa shape index (κ3) is 4.88. The zero-order chi connectivity index (χ0) is 21.0. The molecule has 1 aliphatic rings. The average molecular weight is 400 g/mol. The number of piperidine rings is 1. The normalized spacial score (nSPS) is 16.4. The van der Waals surface area contributed by atoms with Crippen LogP contribution in [0.5, 0.6) is 5.75 Å². The standard InChI is InChI=1S/C21H25FN4O3/c1-14-17(21(28)25(2)3)12-23-20(24-14)18-6-4-5-11-26(18)19(27)13-29-16-9-7-15(22)8-10-16/h7-10,12,18H,4-6,11,13H2,1-3H3/t18-/m0/s1. The summed E-state index contributed by atoms with van der Waals surface area (Å²) in [7, 11) is 3.36. The van der Waals surface area contributed by atoms with E-state index in [1.165, 1.54) is 35.4 Å². The maximum atomic E-state index is 13.0. The number of hydrogen-bond donors (Lipinski definition) is 0. The van der Waals surface area contributed by atoms with Gasteiger partial charge in [0.15, 0.2) is 12.4 Å². The number of likely N-dealkylation sites (tertiary alicyclic amines) is 1. The van der Waals surface area contributed by atoms with Crippen molar-refractivity contribution in [3.63, 3.8) is 0 Å². The first-order valence-corrected chi connectivity index (χ1v) is 9.60. The van der Waals surface area contributed by atoms with Crippen LogP contribution < -0.4 is 4.74 Å². The SMILES string of the molecule is Cc1nc([C@@H]2CCCCN2C(=O)COc2ccc(F)cc2)ncc1C(=O)N(C)C. The number of benzene rings is 1. The molecule has 2 heterocycles. The zero-order valence-electron chi connectivity index (χ0n) is 16.9. The van der Waals surface area contributed by atoms with E-state index in [2.05, 4.69) is 9.97 Å². The van der Waals surface area contributed by atoms with Crippen LogP contribution in [0.2, 0.25) is 0 Å². The van der Waals surface area contributed by atoms with E-state index in [0.29, 0.717) is 29.4 Å². The molecule has 0 bridgehead atoms. The second-order valence-electron chi connectivity index (χ2n) is 7.27. The third-order valence-electron chi connectivity index (χ3n) is 4.93. The Balaban J connectivity index is 1.73. The van der Waals surface area contributed by atoms with Crippen molar-refractivity contribution < 1.29 is 18.7 Å². The summed E-state index contributed by atoms with van der Waals surface area (Å²) in [6.45, 7) is 2.23. The highest BCUT2D eigenvalue weighted by atomic mass is 19.1. The molecule has 8 heteroatoms. The number of rotatable bonds is 5. The van der Waals surface area contributed by atoms with Crippen molar-refractivity contribution in [3.05, 3.63) is 53.4 Å². The van der Waals surface area contributed by atoms with Gasteiger partial charge < -0.3 is 14.5 Å². The average Bonchev–Trinajstić information content (AvgIpc) is 2.72. The number of carbonyl (C=O) groups excluding carboxylic acids is 2. The van der Waals surface area contributed by atoms with E-state index in [1.54, 1.807) is 25.9 Å². The minimum atomic E-state index is -0.358. The number of carbonyl (C=O) groups is 2. The molecule has 1 aromatic heterocycles. The van der Waals surface area contributed by atoms with E-state index in [-0.39, 0.29) is 30.3 Å². The predicted octanol–water partition coefficient (Wildman–Crippen LogP) is 2.76. The molecular weight excluding hydrogens is 375 g/mol. The van der Waals surface area contributed by atoms with Gasteiger partial charge in [-0.15, -0.1) is 0 Å². The minimum absolute atomic E-state index is 0.141. The van der Waals surface area contributed by atoms with Crippen LogP contribution >= 0.6 is 0 Å². The minimum Gasteiger partial charge on any atom is -0.484 e. The summed E-state index contributed by atoms with van der Waals surface area (Å²) in [6.07, 6.45) is 4.15. The van der Waals surface area contributed by atoms with Gasteiger partial charge >= 0.3 is 0 Å². The van der Waals surface area contributed by atoms with Crippen LogP contribution in [0.1, 0.15) is 47.2 Å². The van der Waals surface area contributed by atoms with Gasteiger partial charge in [-0.2, -0.15) is 0 Å². The Morgan fingerprint density at radius 3 is 2.62 bits per heavy atom. The van der Waals surface area contributed by atoms with E-state index >= 15 is 0 Å². The number of nitrogens with zero attached hydrogens (tertiary/aromatic N) is 4. The Kier molecular flexibility index (Phi) is 6.41. The summed E-state index contributed by atoms with van der Waals surface area (Å²) in [5.41, 5.74) is 1.04. The van der Waals surface area contributed by atoms with Gasteiger partial charge in [-0.1, -0.05) is 0 Å². The van der Waals surface area contributed by atoms with Gasteiger partial charge in [0.05, 0.1) is 17.3 Å². The Bertz CT molecular complexity index is 886. The number of aromatic nitrogens is 2. The predicted molar refractivity (Wildman–Crippen MR) is 105 cm³/mol. The number of hydrogen-bond acceptors (Lipinski definition) is 5. The maximum absolute atomic E-state index is 13.0. The number of ether oxygens (including phenoxy) is 1. The molecule has 0 radical (unpaired) electrons. The van der Waals surface area contributed by atoms with Crippen molar-refractivity contribution >= 4 is 11.8 Å². The van der Waals surface area contributed by atoms with Gasteiger partial charge in [-0.3, -0.25) is 9.59 Å². The maximum Gasteiger partial charge on any atom is 0.261 e. The molecule has 1 saturated heterocycles. The Morgan fingerprint density at radius 1 is 1.24 bits per heavy atom. The second-order valence-corrected chi connectivity index (χ2v) is 7.27. The molecule has 1 aromatic carbocycles. The summed E-state index contributed by atoms with van der Waals surface area (Å²) in [5.74, 6) is 0.287. The summed E-state index contributed by atoms with van der Waals surface area (Å²) in [6, 6.07) is 5.30. The topological polar surface area (TPSA) is 75.6 Å². The zero-order valence-corrected chi connectivity index (χ0v) is 16.9. The largest absolute Gasteiger partial charge is 0.484 e. The molecule has 154 valence electrons. The summed E-state index contributed by atoms with van der Waals surface area (Å²) >= 11 is 0. The molecule has 0 N–H and O–H groups in total. The molecule has 1 aliphatic heterocycles. The number of halogens is 1. The van der Waals surface area contributed by atoms with E-state index in [9.17, 15) is 14.0 Å². The fraction of sp³-hybridized carbons (Fsp3) is 0.429. The first-order valence-electron chi connectivity index (χ1n) is 9.60. The van der Waals surface area contributed by atoms with E-state index in [4.69, 9.17) is 4.74 Å². The lowest BCUT2D eigenvalue weighted by Crippen LogP contribution is -2.42. The Morgan fingerprint density at radius 2 is 1.97 bits per heavy atom. The molecule has 2 aromatic rings. The van der Waals surface area contributed by atoms with Crippen molar-refractivity contribution in [1.29, 1.82) is 0 Å². The first kappa shape index (κ1) is 20.7. The molecule has 0 saturated carbocycles. The van der Waals surface area contributed by atoms with Crippen LogP contribution in [0.15, 0.2) is 30.5 Å². The summed E-state index contributed by atoms with van der Waals surface area (Å²) in [4.78, 5) is 37.1. The van der Waals surface area contributed by atoms with Crippen molar-refractivity contribution in [2.45, 2.75) is 32.2 Å². The van der Waals surface area contributed by atoms with E-state index < -0.39 is 0 Å². The quantitative estimate of drug-likeness (QED) is 0.771. The van der Waals surface area contributed by atoms with Crippen LogP contribution in [0, 0.1) is 12.7 Å². The highest BCUT2D eigenvalue weighted by molar-refractivity contribution is 5.94. The molecule has 1 atom stereocenters. The van der Waals surface area contributed by atoms with Gasteiger partial charge in [0, 0.05) is 26.8 Å². The van der Waals surface area contributed by atoms with Gasteiger partial charge in [0.1, 0.15) is 11.6 Å². The molecule has 0 aliphatic carbocycles. The van der Waals surface area contributed by atoms with Crippen LogP contribution in [0.4, 0.5) is 4.39 Å². The fourth-order valence-corrected chi connectivity index (χ4v) is 3.35. The highest BCUT2D eigenvalue weighted by Gasteiger charge is 2.30. The molecule has 0 unspecified atom stereocenters. The summed E-state index contributed by atoms with van der Waals surface area (Å²) < 4.78 is 18.5. The van der Waals surface area contributed by atoms with Crippen LogP contribution in [0.3, 0.4) is 0 Å². The summed E-state index contributed by atoms with van der Waals surface area (Å²) in [5, 5.41) is 0. The van der Waals surface area contributed by atoms with Gasteiger partial charge in [-0.05, 0) is 50.5 Å². The van der Waals surface area contributed by atoms with E-state index in [0.717, 1.165) is 19.3 Å². The monoisotopic (exact) mass is 400 g/mol. The lowest BCUT2D eigenvalue weighted by molar-refractivity contribution is -0.137. The Labute approximate surface area is 169 Å². The van der Waals surface area contributed by atoms with Crippen LogP contribution in [0.25, 0.3) is 0 Å². The van der Waals surface area contributed by atoms with Crippen molar-refractivity contribution in [1.82, 2.24) is 19.8 Å². The van der Waals surface area contributed by atoms with Crippen molar-refractivity contribution in [2.24, 2.45) is 0 Å². The van der Waals surface area contributed by atoms with Gasteiger partial charge in [0.25, 0.3) is 11.8 Å².